The number of ether oxygens (including phenoxy) is 1. The Morgan fingerprint density at radius 1 is 1.58 bits per heavy atom. The zero-order valence-corrected chi connectivity index (χ0v) is 11.8. The predicted molar refractivity (Wildman–Crippen MR) is 76.2 cm³/mol. The lowest BCUT2D eigenvalue weighted by atomic mass is 10.1. The van der Waals surface area contributed by atoms with Crippen LogP contribution in [0.1, 0.15) is 12.5 Å². The fourth-order valence-electron chi connectivity index (χ4n) is 1.74. The third-order valence-corrected chi connectivity index (χ3v) is 3.08. The molecular weight excluding hydrogens is 308 g/mol. The molecule has 0 saturated heterocycles. The van der Waals surface area contributed by atoms with Gasteiger partial charge in [0, 0.05) is 27.1 Å². The molecule has 0 unspecified atom stereocenters. The van der Waals surface area contributed by atoms with Crippen molar-refractivity contribution in [1.82, 2.24) is 4.98 Å². The number of aromatic nitrogens is 1. The number of hydrogen-bond donors (Lipinski definition) is 1. The summed E-state index contributed by atoms with van der Waals surface area (Å²) < 4.78 is 5.76. The summed E-state index contributed by atoms with van der Waals surface area (Å²) in [6.07, 6.45) is 3.29. The second kappa shape index (κ2) is 5.72. The fraction of sp³-hybridized carbons (Fsp3) is 0.143. The summed E-state index contributed by atoms with van der Waals surface area (Å²) in [7, 11) is 0. The maximum absolute atomic E-state index is 11.6. The van der Waals surface area contributed by atoms with Crippen LogP contribution in [0, 0.1) is 11.3 Å². The second-order valence-electron chi connectivity index (χ2n) is 3.82. The molecule has 0 aliphatic carbocycles. The van der Waals surface area contributed by atoms with Crippen molar-refractivity contribution < 1.29 is 9.53 Å². The van der Waals surface area contributed by atoms with E-state index in [1.807, 2.05) is 24.3 Å². The molecule has 2 aromatic rings. The minimum absolute atomic E-state index is 0.0114. The number of H-pyrrole nitrogens is 1. The molecule has 1 heterocycles. The lowest BCUT2D eigenvalue weighted by molar-refractivity contribution is -0.137. The molecular formula is C14H11BrN2O2. The number of nitrogens with one attached hydrogen (secondary N) is 1. The number of esters is 1. The lowest BCUT2D eigenvalue weighted by Crippen LogP contribution is -2.05. The van der Waals surface area contributed by atoms with E-state index < -0.39 is 5.97 Å². The van der Waals surface area contributed by atoms with Crippen LogP contribution in [0.5, 0.6) is 0 Å². The topological polar surface area (TPSA) is 65.9 Å². The van der Waals surface area contributed by atoms with E-state index in [0.29, 0.717) is 0 Å². The van der Waals surface area contributed by atoms with Crippen LogP contribution in [0.4, 0.5) is 0 Å². The van der Waals surface area contributed by atoms with Crippen LogP contribution >= 0.6 is 15.9 Å². The zero-order valence-electron chi connectivity index (χ0n) is 10.2. The van der Waals surface area contributed by atoms with E-state index in [1.54, 1.807) is 13.1 Å². The molecule has 0 aliphatic heterocycles. The summed E-state index contributed by atoms with van der Waals surface area (Å²) in [5, 5.41) is 9.95. The van der Waals surface area contributed by atoms with Gasteiger partial charge in [-0.05, 0) is 31.2 Å². The van der Waals surface area contributed by atoms with Gasteiger partial charge in [0.15, 0.2) is 0 Å². The Kier molecular flexibility index (Phi) is 4.03. The Bertz CT molecular complexity index is 695. The molecule has 0 atom stereocenters. The molecule has 0 saturated carbocycles. The normalized spacial score (nSPS) is 11.3. The summed E-state index contributed by atoms with van der Waals surface area (Å²) in [6, 6.07) is 7.64. The van der Waals surface area contributed by atoms with E-state index in [-0.39, 0.29) is 12.2 Å². The standard InChI is InChI=1S/C14H11BrN2O2/c1-2-19-14(18)9(7-16)5-10-8-17-13-4-3-11(15)6-12(10)13/h3-6,8,17H,2H2,1H3. The van der Waals surface area contributed by atoms with Gasteiger partial charge in [0.1, 0.15) is 11.6 Å². The monoisotopic (exact) mass is 318 g/mol. The first-order valence-corrected chi connectivity index (χ1v) is 6.50. The van der Waals surface area contributed by atoms with Crippen molar-refractivity contribution in [2.24, 2.45) is 0 Å². The summed E-state index contributed by atoms with van der Waals surface area (Å²) >= 11 is 3.40. The SMILES string of the molecule is CCOC(=O)C(C#N)=Cc1c[nH]c2ccc(Br)cc12. The molecule has 0 bridgehead atoms. The van der Waals surface area contributed by atoms with E-state index in [4.69, 9.17) is 10.00 Å². The molecule has 96 valence electrons. The van der Waals surface area contributed by atoms with Gasteiger partial charge in [-0.1, -0.05) is 15.9 Å². The third-order valence-electron chi connectivity index (χ3n) is 2.59. The molecule has 0 spiro atoms. The Morgan fingerprint density at radius 3 is 3.05 bits per heavy atom. The molecule has 5 heteroatoms. The lowest BCUT2D eigenvalue weighted by Gasteiger charge is -1.99. The molecule has 4 nitrogen and oxygen atoms in total. The number of nitrogens with zero attached hydrogens (tertiary/aromatic N) is 1. The van der Waals surface area contributed by atoms with E-state index >= 15 is 0 Å². The number of halogens is 1. The Morgan fingerprint density at radius 2 is 2.37 bits per heavy atom. The van der Waals surface area contributed by atoms with Gasteiger partial charge in [-0.25, -0.2) is 4.79 Å². The van der Waals surface area contributed by atoms with E-state index in [9.17, 15) is 4.79 Å². The molecule has 0 fully saturated rings. The van der Waals surface area contributed by atoms with Crippen molar-refractivity contribution in [3.05, 3.63) is 40.0 Å². The van der Waals surface area contributed by atoms with Gasteiger partial charge in [-0.2, -0.15) is 5.26 Å². The van der Waals surface area contributed by atoms with Crippen molar-refractivity contribution in [2.75, 3.05) is 6.61 Å². The van der Waals surface area contributed by atoms with Crippen molar-refractivity contribution >= 4 is 38.9 Å². The van der Waals surface area contributed by atoms with Crippen LogP contribution in [0.25, 0.3) is 17.0 Å². The smallest absolute Gasteiger partial charge is 0.348 e. The highest BCUT2D eigenvalue weighted by Gasteiger charge is 2.11. The summed E-state index contributed by atoms with van der Waals surface area (Å²) in [4.78, 5) is 14.7. The van der Waals surface area contributed by atoms with Crippen LogP contribution in [-0.2, 0) is 9.53 Å². The van der Waals surface area contributed by atoms with Gasteiger partial charge < -0.3 is 9.72 Å². The van der Waals surface area contributed by atoms with Crippen LogP contribution in [0.15, 0.2) is 34.4 Å². The number of rotatable bonds is 3. The highest BCUT2D eigenvalue weighted by atomic mass is 79.9. The second-order valence-corrected chi connectivity index (χ2v) is 4.74. The maximum atomic E-state index is 11.6. The number of aromatic amines is 1. The average molecular weight is 319 g/mol. The molecule has 0 amide bonds. The van der Waals surface area contributed by atoms with E-state index in [1.165, 1.54) is 6.08 Å². The largest absolute Gasteiger partial charge is 0.462 e. The minimum Gasteiger partial charge on any atom is -0.462 e. The number of nitriles is 1. The van der Waals surface area contributed by atoms with Gasteiger partial charge >= 0.3 is 5.97 Å². The Labute approximate surface area is 118 Å². The van der Waals surface area contributed by atoms with E-state index in [0.717, 1.165) is 20.9 Å². The van der Waals surface area contributed by atoms with Crippen LogP contribution in [0.3, 0.4) is 0 Å². The number of carbonyl (C=O) groups is 1. The highest BCUT2D eigenvalue weighted by Crippen LogP contribution is 2.24. The average Bonchev–Trinajstić information content (AvgIpc) is 2.78. The first kappa shape index (κ1) is 13.4. The van der Waals surface area contributed by atoms with Crippen LogP contribution < -0.4 is 0 Å². The van der Waals surface area contributed by atoms with Gasteiger partial charge in [0.2, 0.25) is 0 Å². The molecule has 0 radical (unpaired) electrons. The first-order chi connectivity index (χ1) is 9.15. The van der Waals surface area contributed by atoms with Crippen molar-refractivity contribution in [3.63, 3.8) is 0 Å². The first-order valence-electron chi connectivity index (χ1n) is 5.71. The molecule has 2 rings (SSSR count). The number of benzene rings is 1. The molecule has 1 aromatic heterocycles. The van der Waals surface area contributed by atoms with Crippen LogP contribution in [0.2, 0.25) is 0 Å². The van der Waals surface area contributed by atoms with E-state index in [2.05, 4.69) is 20.9 Å². The van der Waals surface area contributed by atoms with Crippen molar-refractivity contribution in [1.29, 1.82) is 5.26 Å². The quantitative estimate of drug-likeness (QED) is 0.536. The molecule has 1 N–H and O–H groups in total. The van der Waals surface area contributed by atoms with Crippen molar-refractivity contribution in [3.8, 4) is 6.07 Å². The summed E-state index contributed by atoms with van der Waals surface area (Å²) in [5.41, 5.74) is 1.71. The van der Waals surface area contributed by atoms with Gasteiger partial charge in [0.25, 0.3) is 0 Å². The van der Waals surface area contributed by atoms with Gasteiger partial charge in [0.05, 0.1) is 6.61 Å². The fourth-order valence-corrected chi connectivity index (χ4v) is 2.10. The number of carbonyl (C=O) groups excluding carboxylic acids is 1. The highest BCUT2D eigenvalue weighted by molar-refractivity contribution is 9.10. The Balaban J connectivity index is 2.47. The van der Waals surface area contributed by atoms with Crippen molar-refractivity contribution in [2.45, 2.75) is 6.92 Å². The van der Waals surface area contributed by atoms with Gasteiger partial charge in [-0.15, -0.1) is 0 Å². The Hall–Kier alpha value is -2.06. The third kappa shape index (κ3) is 2.85. The number of hydrogen-bond acceptors (Lipinski definition) is 3. The zero-order chi connectivity index (χ0) is 13.8. The number of fused-ring (bicyclic) bond motifs is 1. The maximum Gasteiger partial charge on any atom is 0.348 e. The van der Waals surface area contributed by atoms with Crippen LogP contribution in [-0.4, -0.2) is 17.6 Å². The molecule has 0 aliphatic rings. The van der Waals surface area contributed by atoms with Gasteiger partial charge in [-0.3, -0.25) is 0 Å². The predicted octanol–water partition coefficient (Wildman–Crippen LogP) is 3.40. The molecule has 19 heavy (non-hydrogen) atoms. The molecule has 1 aromatic carbocycles. The summed E-state index contributed by atoms with van der Waals surface area (Å²) in [5.74, 6) is -0.602. The minimum atomic E-state index is -0.602. The summed E-state index contributed by atoms with van der Waals surface area (Å²) in [6.45, 7) is 1.95.